The molecule has 1 aliphatic heterocycles. The smallest absolute Gasteiger partial charge is 0.547 e. The zero-order chi connectivity index (χ0) is 33.7. The van der Waals surface area contributed by atoms with Gasteiger partial charge in [-0.25, -0.2) is 0 Å². The number of carbonyl (C=O) groups excluding carboxylic acids is 2. The Morgan fingerprint density at radius 1 is 1.05 bits per heavy atom. The molecule has 4 aliphatic carbocycles. The van der Waals surface area contributed by atoms with Gasteiger partial charge >= 0.3 is 35.5 Å². The van der Waals surface area contributed by atoms with Gasteiger partial charge in [0.2, 0.25) is 6.29 Å². The summed E-state index contributed by atoms with van der Waals surface area (Å²) in [6.07, 6.45) is -15.1. The van der Waals surface area contributed by atoms with E-state index in [9.17, 15) is 40.2 Å². The largest absolute Gasteiger partial charge is 1.00 e. The Hall–Kier alpha value is -0.300. The Morgan fingerprint density at radius 2 is 1.73 bits per heavy atom. The Labute approximate surface area is 271 Å². The van der Waals surface area contributed by atoms with E-state index in [1.807, 2.05) is 13.8 Å². The topological polar surface area (TPSA) is 177 Å². The van der Waals surface area contributed by atoms with Crippen LogP contribution >= 0.6 is 0 Å². The number of fused-ring (bicyclic) bond motifs is 5. The summed E-state index contributed by atoms with van der Waals surface area (Å²) in [5.74, 6) is -3.57. The van der Waals surface area contributed by atoms with Crippen LogP contribution in [0.2, 0.25) is 0 Å². The third kappa shape index (κ3) is 5.91. The summed E-state index contributed by atoms with van der Waals surface area (Å²) in [5.41, 5.74) is -1.06. The number of aliphatic hydroxyl groups excluding tert-OH is 4. The molecule has 15 atom stereocenters. The number of carbonyl (C=O) groups is 2. The first kappa shape index (κ1) is 27.0. The SMILES string of the molecule is [2H]C1([2H])C[C@@]2(C)[C@H](C[C@@H](O)[C@@H]3[C@@H]2CC[C@]2(C)[C@@H]([C@H](C)CCC(=O)O[C@@H]4O[C@H](C(=O)[O-])[C@@H](O)[C@H](O)[C@H]4O)CC[C@@H]32)C([2H])([2H])[C@]1([2H])O.[Na+]. The van der Waals surface area contributed by atoms with Crippen molar-refractivity contribution in [2.24, 2.45) is 46.3 Å². The van der Waals surface area contributed by atoms with Crippen LogP contribution in [0.4, 0.5) is 0 Å². The number of rotatable bonds is 6. The van der Waals surface area contributed by atoms with Crippen molar-refractivity contribution in [2.75, 3.05) is 0 Å². The fourth-order valence-corrected chi connectivity index (χ4v) is 9.25. The number of aliphatic carboxylic acids is 1. The Balaban J connectivity index is 0.00000480. The van der Waals surface area contributed by atoms with Crippen molar-refractivity contribution >= 4 is 11.9 Å². The van der Waals surface area contributed by atoms with E-state index in [0.29, 0.717) is 12.8 Å². The van der Waals surface area contributed by atoms with E-state index in [4.69, 9.17) is 16.3 Å². The molecule has 1 saturated heterocycles. The minimum Gasteiger partial charge on any atom is -0.547 e. The molecule has 0 amide bonds. The first-order valence-corrected chi connectivity index (χ1v) is 14.6. The molecule has 0 aromatic carbocycles. The van der Waals surface area contributed by atoms with Crippen LogP contribution in [-0.4, -0.2) is 80.4 Å². The first-order valence-electron chi connectivity index (χ1n) is 17.1. The van der Waals surface area contributed by atoms with Gasteiger partial charge in [0, 0.05) is 11.9 Å². The van der Waals surface area contributed by atoms with E-state index in [-0.39, 0.29) is 83.8 Å². The van der Waals surface area contributed by atoms with Gasteiger partial charge < -0.3 is 44.9 Å². The summed E-state index contributed by atoms with van der Waals surface area (Å²) in [4.78, 5) is 23.9. The van der Waals surface area contributed by atoms with Gasteiger partial charge in [-0.2, -0.15) is 0 Å². The normalized spacial score (nSPS) is 56.0. The number of aliphatic hydroxyl groups is 5. The van der Waals surface area contributed by atoms with E-state index in [1.165, 1.54) is 0 Å². The first-order chi connectivity index (χ1) is 20.6. The van der Waals surface area contributed by atoms with Crippen LogP contribution in [0.15, 0.2) is 0 Å². The van der Waals surface area contributed by atoms with Crippen molar-refractivity contribution in [3.05, 3.63) is 0 Å². The molecule has 0 aromatic rings. The van der Waals surface area contributed by atoms with Crippen molar-refractivity contribution in [3.63, 3.8) is 0 Å². The molecule has 5 N–H and O–H groups in total. The van der Waals surface area contributed by atoms with Crippen molar-refractivity contribution < 1.29 is 86.1 Å². The van der Waals surface area contributed by atoms with Crippen LogP contribution in [0.3, 0.4) is 0 Å². The van der Waals surface area contributed by atoms with Crippen LogP contribution in [0.1, 0.15) is 91.7 Å². The van der Waals surface area contributed by atoms with Crippen molar-refractivity contribution in [1.29, 1.82) is 0 Å². The van der Waals surface area contributed by atoms with Crippen molar-refractivity contribution in [2.45, 2.75) is 128 Å². The Morgan fingerprint density at radius 3 is 2.41 bits per heavy atom. The number of carboxylic acids is 1. The average molecular weight is 596 g/mol. The van der Waals surface area contributed by atoms with Gasteiger partial charge in [0.15, 0.2) is 0 Å². The molecule has 5 rings (SSSR count). The molecular formula is C30H47NaO10. The summed E-state index contributed by atoms with van der Waals surface area (Å²) in [6, 6.07) is 0. The summed E-state index contributed by atoms with van der Waals surface area (Å²) >= 11 is 0. The number of hydrogen-bond acceptors (Lipinski definition) is 10. The minimum atomic E-state index is -2.94. The van der Waals surface area contributed by atoms with Crippen LogP contribution in [-0.2, 0) is 19.1 Å². The zero-order valence-corrected chi connectivity index (χ0v) is 26.4. The predicted octanol–water partition coefficient (Wildman–Crippen LogP) is -2.50. The monoisotopic (exact) mass is 595 g/mol. The van der Waals surface area contributed by atoms with Crippen LogP contribution in [0, 0.1) is 46.3 Å². The van der Waals surface area contributed by atoms with Crippen LogP contribution in [0.5, 0.6) is 0 Å². The Bertz CT molecular complexity index is 1180. The molecule has 5 fully saturated rings. The summed E-state index contributed by atoms with van der Waals surface area (Å²) < 4.78 is 52.8. The maximum Gasteiger partial charge on any atom is 1.00 e. The number of ether oxygens (including phenoxy) is 2. The quantitative estimate of drug-likeness (QED) is 0.163. The molecule has 4 saturated carbocycles. The molecule has 10 nitrogen and oxygen atoms in total. The van der Waals surface area contributed by atoms with Gasteiger partial charge in [-0.05, 0) is 104 Å². The van der Waals surface area contributed by atoms with Gasteiger partial charge in [0.1, 0.15) is 24.4 Å². The van der Waals surface area contributed by atoms with Crippen molar-refractivity contribution in [1.82, 2.24) is 0 Å². The standard InChI is InChI=1S/C30H48O10.Na/c1-14(4-7-21(33)39-28-25(36)23(34)24(35)26(40-28)27(37)38)17-5-6-18-22-19(9-11-30(17,18)3)29(2)10-8-16(31)12-15(29)13-20(22)32;/h14-20,22-26,28,31-32,34-36H,4-13H2,1-3H3,(H,37,38);/q;+1/p-1/t14-,15+,16-,17-,18+,19+,20-,22+,23+,24+,25-,26+,28-,29+,30-;/m1./s1/i8D2,12D2,16D;. The van der Waals surface area contributed by atoms with E-state index in [2.05, 4.69) is 6.92 Å². The molecule has 11 heteroatoms. The summed E-state index contributed by atoms with van der Waals surface area (Å²) in [5, 5.41) is 63.5. The molecule has 228 valence electrons. The van der Waals surface area contributed by atoms with E-state index < -0.39 is 78.9 Å². The second-order valence-electron chi connectivity index (χ2n) is 13.4. The van der Waals surface area contributed by atoms with E-state index in [0.717, 1.165) is 19.3 Å². The average Bonchev–Trinajstić information content (AvgIpc) is 3.29. The fraction of sp³-hybridized carbons (Fsp3) is 0.933. The van der Waals surface area contributed by atoms with Gasteiger partial charge in [-0.1, -0.05) is 20.8 Å². The molecule has 41 heavy (non-hydrogen) atoms. The molecule has 5 aliphatic rings. The molecule has 0 radical (unpaired) electrons. The maximum atomic E-state index is 12.7. The number of carboxylic acid groups (broad SMARTS) is 1. The van der Waals surface area contributed by atoms with E-state index in [1.54, 1.807) is 0 Å². The van der Waals surface area contributed by atoms with Gasteiger partial charge in [-0.3, -0.25) is 4.79 Å². The van der Waals surface area contributed by atoms with Gasteiger partial charge in [-0.15, -0.1) is 0 Å². The molecule has 0 aromatic heterocycles. The van der Waals surface area contributed by atoms with Crippen molar-refractivity contribution in [3.8, 4) is 0 Å². The summed E-state index contributed by atoms with van der Waals surface area (Å²) in [7, 11) is 0. The maximum absolute atomic E-state index is 12.7. The molecular weight excluding hydrogens is 543 g/mol. The fourth-order valence-electron chi connectivity index (χ4n) is 9.25. The summed E-state index contributed by atoms with van der Waals surface area (Å²) in [6.45, 7) is 6.10. The van der Waals surface area contributed by atoms with E-state index >= 15 is 0 Å². The molecule has 1 heterocycles. The Kier molecular flexibility index (Phi) is 8.31. The second kappa shape index (κ2) is 12.6. The second-order valence-corrected chi connectivity index (χ2v) is 13.4. The predicted molar refractivity (Wildman–Crippen MR) is 139 cm³/mol. The van der Waals surface area contributed by atoms with Gasteiger partial charge in [0.25, 0.3) is 0 Å². The molecule has 0 spiro atoms. The third-order valence-electron chi connectivity index (χ3n) is 11.5. The third-order valence-corrected chi connectivity index (χ3v) is 11.5. The zero-order valence-electron chi connectivity index (χ0n) is 29.4. The minimum absolute atomic E-state index is 0. The van der Waals surface area contributed by atoms with Crippen LogP contribution < -0.4 is 34.7 Å². The number of esters is 1. The molecule has 0 bridgehead atoms. The number of hydrogen-bond donors (Lipinski definition) is 5. The van der Waals surface area contributed by atoms with Crippen LogP contribution in [0.25, 0.3) is 0 Å². The molecule has 0 unspecified atom stereocenters. The van der Waals surface area contributed by atoms with Gasteiger partial charge in [0.05, 0.1) is 19.5 Å².